The molecule has 2 aromatic heterocycles. The molecule has 9 heteroatoms. The molecule has 3 N–H and O–H groups in total. The highest BCUT2D eigenvalue weighted by Crippen LogP contribution is 2.42. The molecule has 1 aliphatic carbocycles. The molecule has 1 saturated heterocycles. The highest BCUT2D eigenvalue weighted by atomic mass is 16.5. The summed E-state index contributed by atoms with van der Waals surface area (Å²) in [6.07, 6.45) is 8.15. The number of nitrogens with one attached hydrogen (secondary N) is 1. The minimum absolute atomic E-state index is 0.0487. The van der Waals surface area contributed by atoms with Crippen LogP contribution in [0.4, 0.5) is 5.69 Å². The van der Waals surface area contributed by atoms with Crippen LogP contribution in [0.3, 0.4) is 0 Å². The molecule has 3 heterocycles. The molecule has 0 saturated carbocycles. The van der Waals surface area contributed by atoms with Gasteiger partial charge >= 0.3 is 0 Å². The van der Waals surface area contributed by atoms with Crippen molar-refractivity contribution < 1.29 is 14.3 Å². The van der Waals surface area contributed by atoms with E-state index in [0.717, 1.165) is 67.9 Å². The Morgan fingerprint density at radius 3 is 2.57 bits per heavy atom. The number of aromatic nitrogens is 3. The lowest BCUT2D eigenvalue weighted by atomic mass is 9.79. The maximum Gasteiger partial charge on any atom is 0.248 e. The van der Waals surface area contributed by atoms with Crippen molar-refractivity contribution in [2.24, 2.45) is 5.73 Å². The largest absolute Gasteiger partial charge is 0.484 e. The van der Waals surface area contributed by atoms with Gasteiger partial charge in [-0.2, -0.15) is 0 Å². The Morgan fingerprint density at radius 2 is 1.85 bits per heavy atom. The number of amides is 2. The molecule has 46 heavy (non-hydrogen) atoms. The third-order valence-electron chi connectivity index (χ3n) is 10.0. The fourth-order valence-electron chi connectivity index (χ4n) is 7.12. The molecule has 1 fully saturated rings. The minimum atomic E-state index is -0.504. The molecule has 4 aromatic rings. The quantitative estimate of drug-likeness (QED) is 0.211. The summed E-state index contributed by atoms with van der Waals surface area (Å²) in [7, 11) is 2.16. The fraction of sp³-hybridized carbons (Fsp3) is 0.459. The summed E-state index contributed by atoms with van der Waals surface area (Å²) < 4.78 is 8.76. The average molecular weight is 623 g/mol. The number of hydrogen-bond donors (Lipinski definition) is 2. The standard InChI is InChI=1S/C37H46N6O3/c1-36(2,3)26-20-25(34(38)45)21-27(22-26)39-33(44)13-8-10-24-14-16-31(30-12-7-6-11-29(24)30)46-28-15-17-32-40-41-35(43(32)23-28)37(4)18-9-19-42(37)5/h6-7,11-12,15,17,20-24,31H,8-10,13-14,16,18-19H2,1-5H3,(H2,38,45)(H,39,44)/t24-,31+,37-/m0/s1. The molecule has 0 bridgehead atoms. The number of likely N-dealkylation sites (tertiary alicyclic amines) is 1. The molecular formula is C37H46N6O3. The SMILES string of the molecule is CN1CCC[C@@]1(C)c1nnc2ccc(O[C@@H]3CC[C@H](CCCC(=O)Nc4cc(C(N)=O)cc(C(C)(C)C)c4)c4ccccc43)cn12. The van der Waals surface area contributed by atoms with E-state index < -0.39 is 5.91 Å². The number of rotatable bonds is 9. The van der Waals surface area contributed by atoms with Crippen molar-refractivity contribution in [1.29, 1.82) is 0 Å². The van der Waals surface area contributed by atoms with Gasteiger partial charge in [0.15, 0.2) is 11.5 Å². The van der Waals surface area contributed by atoms with Crippen molar-refractivity contribution in [3.8, 4) is 5.75 Å². The molecule has 0 unspecified atom stereocenters. The van der Waals surface area contributed by atoms with E-state index in [-0.39, 0.29) is 23.0 Å². The van der Waals surface area contributed by atoms with Gasteiger partial charge in [-0.3, -0.25) is 18.9 Å². The second-order valence-electron chi connectivity index (χ2n) is 14.3. The Labute approximate surface area is 271 Å². The summed E-state index contributed by atoms with van der Waals surface area (Å²) in [5, 5.41) is 12.0. The molecule has 242 valence electrons. The lowest BCUT2D eigenvalue weighted by Crippen LogP contribution is -2.37. The van der Waals surface area contributed by atoms with Gasteiger partial charge in [0.2, 0.25) is 11.8 Å². The number of primary amides is 1. The van der Waals surface area contributed by atoms with Crippen LogP contribution in [0.15, 0.2) is 60.8 Å². The summed E-state index contributed by atoms with van der Waals surface area (Å²) in [5.74, 6) is 1.56. The maximum atomic E-state index is 13.0. The zero-order valence-corrected chi connectivity index (χ0v) is 27.7. The van der Waals surface area contributed by atoms with E-state index in [1.54, 1.807) is 12.1 Å². The molecule has 2 aromatic carbocycles. The van der Waals surface area contributed by atoms with Gasteiger partial charge < -0.3 is 15.8 Å². The highest BCUT2D eigenvalue weighted by Gasteiger charge is 2.39. The van der Waals surface area contributed by atoms with Crippen molar-refractivity contribution in [3.05, 3.63) is 88.9 Å². The van der Waals surface area contributed by atoms with Crippen molar-refractivity contribution >= 4 is 23.1 Å². The maximum absolute atomic E-state index is 13.0. The lowest BCUT2D eigenvalue weighted by molar-refractivity contribution is -0.116. The van der Waals surface area contributed by atoms with Crippen LogP contribution < -0.4 is 15.8 Å². The number of anilines is 1. The normalized spacial score (nSPS) is 21.7. The molecular weight excluding hydrogens is 576 g/mol. The van der Waals surface area contributed by atoms with Crippen molar-refractivity contribution in [3.63, 3.8) is 0 Å². The van der Waals surface area contributed by atoms with E-state index in [0.29, 0.717) is 23.6 Å². The first-order valence-electron chi connectivity index (χ1n) is 16.5. The second-order valence-corrected chi connectivity index (χ2v) is 14.3. The Kier molecular flexibility index (Phi) is 8.63. The van der Waals surface area contributed by atoms with Crippen molar-refractivity contribution in [2.75, 3.05) is 18.9 Å². The first kappa shape index (κ1) is 31.7. The number of carbonyl (C=O) groups is 2. The van der Waals surface area contributed by atoms with Gasteiger partial charge in [0.05, 0.1) is 11.7 Å². The van der Waals surface area contributed by atoms with Gasteiger partial charge in [-0.15, -0.1) is 10.2 Å². The van der Waals surface area contributed by atoms with Crippen LogP contribution in [-0.2, 0) is 15.7 Å². The number of hydrogen-bond acceptors (Lipinski definition) is 6. The fourth-order valence-corrected chi connectivity index (χ4v) is 7.12. The number of ether oxygens (including phenoxy) is 1. The van der Waals surface area contributed by atoms with Gasteiger partial charge in [0, 0.05) is 17.7 Å². The second kappa shape index (κ2) is 12.5. The van der Waals surface area contributed by atoms with Crippen LogP contribution in [-0.4, -0.2) is 44.9 Å². The Morgan fingerprint density at radius 1 is 1.07 bits per heavy atom. The molecule has 2 aliphatic rings. The minimum Gasteiger partial charge on any atom is -0.484 e. The summed E-state index contributed by atoms with van der Waals surface area (Å²) >= 11 is 0. The summed E-state index contributed by atoms with van der Waals surface area (Å²) in [6, 6.07) is 17.9. The zero-order valence-electron chi connectivity index (χ0n) is 27.7. The van der Waals surface area contributed by atoms with Crippen LogP contribution in [0.1, 0.15) is 118 Å². The number of benzene rings is 2. The topological polar surface area (TPSA) is 115 Å². The molecule has 1 aliphatic heterocycles. The Bertz CT molecular complexity index is 1760. The van der Waals surface area contributed by atoms with Gasteiger partial charge in [0.1, 0.15) is 11.9 Å². The van der Waals surface area contributed by atoms with Crippen LogP contribution in [0, 0.1) is 0 Å². The summed E-state index contributed by atoms with van der Waals surface area (Å²) in [6.45, 7) is 9.50. The molecule has 2 amide bonds. The third-order valence-corrected chi connectivity index (χ3v) is 10.0. The van der Waals surface area contributed by atoms with Crippen molar-refractivity contribution in [1.82, 2.24) is 19.5 Å². The molecule has 0 radical (unpaired) electrons. The zero-order chi connectivity index (χ0) is 32.6. The van der Waals surface area contributed by atoms with E-state index in [9.17, 15) is 9.59 Å². The predicted molar refractivity (Wildman–Crippen MR) is 180 cm³/mol. The monoisotopic (exact) mass is 622 g/mol. The van der Waals surface area contributed by atoms with Gasteiger partial charge in [0.25, 0.3) is 0 Å². The molecule has 6 rings (SSSR count). The van der Waals surface area contributed by atoms with E-state index in [1.807, 2.05) is 24.4 Å². The lowest BCUT2D eigenvalue weighted by Gasteiger charge is -2.32. The first-order valence-corrected chi connectivity index (χ1v) is 16.5. The molecule has 3 atom stereocenters. The Hall–Kier alpha value is -4.24. The number of carbonyl (C=O) groups excluding carboxylic acids is 2. The number of nitrogens with two attached hydrogens (primary N) is 1. The van der Waals surface area contributed by atoms with Gasteiger partial charge in [-0.1, -0.05) is 45.0 Å². The van der Waals surface area contributed by atoms with Gasteiger partial charge in [-0.05, 0) is 117 Å². The third kappa shape index (κ3) is 6.38. The van der Waals surface area contributed by atoms with Crippen molar-refractivity contribution in [2.45, 2.75) is 95.6 Å². The van der Waals surface area contributed by atoms with Crippen LogP contribution in [0.25, 0.3) is 5.65 Å². The average Bonchev–Trinajstić information content (AvgIpc) is 3.60. The van der Waals surface area contributed by atoms with Crippen LogP contribution in [0.5, 0.6) is 5.75 Å². The number of fused-ring (bicyclic) bond motifs is 2. The highest BCUT2D eigenvalue weighted by molar-refractivity contribution is 5.96. The first-order chi connectivity index (χ1) is 21.9. The Balaban J connectivity index is 1.11. The number of nitrogens with zero attached hydrogens (tertiary/aromatic N) is 4. The van der Waals surface area contributed by atoms with Gasteiger partial charge in [-0.25, -0.2) is 0 Å². The van der Waals surface area contributed by atoms with E-state index in [2.05, 4.69) is 83.8 Å². The molecule has 9 nitrogen and oxygen atoms in total. The van der Waals surface area contributed by atoms with E-state index >= 15 is 0 Å². The predicted octanol–water partition coefficient (Wildman–Crippen LogP) is 6.87. The van der Waals surface area contributed by atoms with Crippen LogP contribution >= 0.6 is 0 Å². The number of pyridine rings is 1. The van der Waals surface area contributed by atoms with Crippen LogP contribution in [0.2, 0.25) is 0 Å². The van der Waals surface area contributed by atoms with E-state index in [1.165, 1.54) is 11.1 Å². The molecule has 0 spiro atoms. The van der Waals surface area contributed by atoms with E-state index in [4.69, 9.17) is 10.5 Å². The summed E-state index contributed by atoms with van der Waals surface area (Å²) in [4.78, 5) is 27.2. The smallest absolute Gasteiger partial charge is 0.248 e. The summed E-state index contributed by atoms with van der Waals surface area (Å²) in [5.41, 5.74) is 10.5.